The summed E-state index contributed by atoms with van der Waals surface area (Å²) in [6.45, 7) is 3.89. The average molecular weight is 318 g/mol. The highest BCUT2D eigenvalue weighted by atomic mass is 16.6. The smallest absolute Gasteiger partial charge is 0.315 e. The summed E-state index contributed by atoms with van der Waals surface area (Å²) in [6.07, 6.45) is 6.75. The number of rotatable bonds is 4. The van der Waals surface area contributed by atoms with Crippen LogP contribution in [0.4, 0.5) is 4.79 Å². The maximum absolute atomic E-state index is 12.0. The van der Waals surface area contributed by atoms with E-state index in [0.29, 0.717) is 25.8 Å². The number of carbonyl (C=O) groups is 1. The molecule has 1 heterocycles. The molecule has 2 amide bonds. The Morgan fingerprint density at radius 2 is 1.83 bits per heavy atom. The molecule has 23 heavy (non-hydrogen) atoms. The minimum absolute atomic E-state index is 0.0490. The quantitative estimate of drug-likeness (QED) is 0.897. The second-order valence-corrected chi connectivity index (χ2v) is 6.41. The van der Waals surface area contributed by atoms with E-state index >= 15 is 0 Å². The van der Waals surface area contributed by atoms with Gasteiger partial charge in [-0.25, -0.2) is 4.79 Å². The van der Waals surface area contributed by atoms with E-state index in [1.807, 2.05) is 12.1 Å². The van der Waals surface area contributed by atoms with Crippen molar-refractivity contribution in [2.24, 2.45) is 0 Å². The third-order valence-electron chi connectivity index (χ3n) is 4.62. The van der Waals surface area contributed by atoms with E-state index in [0.717, 1.165) is 30.8 Å². The summed E-state index contributed by atoms with van der Waals surface area (Å²) >= 11 is 0. The van der Waals surface area contributed by atoms with Gasteiger partial charge in [0.25, 0.3) is 0 Å². The summed E-state index contributed by atoms with van der Waals surface area (Å²) < 4.78 is 11.2. The van der Waals surface area contributed by atoms with E-state index in [1.54, 1.807) is 0 Å². The van der Waals surface area contributed by atoms with E-state index in [4.69, 9.17) is 9.47 Å². The van der Waals surface area contributed by atoms with Crippen molar-refractivity contribution in [3.63, 3.8) is 0 Å². The van der Waals surface area contributed by atoms with E-state index in [1.165, 1.54) is 30.4 Å². The maximum Gasteiger partial charge on any atom is 0.315 e. The van der Waals surface area contributed by atoms with E-state index in [2.05, 4.69) is 17.6 Å². The van der Waals surface area contributed by atoms with Crippen LogP contribution in [0.5, 0.6) is 11.5 Å². The van der Waals surface area contributed by atoms with E-state index in [-0.39, 0.29) is 6.03 Å². The van der Waals surface area contributed by atoms with Crippen molar-refractivity contribution in [2.45, 2.75) is 51.5 Å². The van der Waals surface area contributed by atoms with Crippen molar-refractivity contribution in [1.82, 2.24) is 10.6 Å². The Balaban J connectivity index is 1.47. The largest absolute Gasteiger partial charge is 0.486 e. The standard InChI is InChI=1S/C18H26N2O3/c1-13-11-16-17(23-10-9-22-16)12-14(13)7-8-19-18(21)20-15-5-3-2-4-6-15/h11-12,15H,2-10H2,1H3,(H2,19,20,21). The summed E-state index contributed by atoms with van der Waals surface area (Å²) in [5.41, 5.74) is 2.36. The van der Waals surface area contributed by atoms with Gasteiger partial charge in [-0.05, 0) is 49.4 Å². The molecule has 1 fully saturated rings. The van der Waals surface area contributed by atoms with Crippen LogP contribution in [0, 0.1) is 6.92 Å². The number of hydrogen-bond acceptors (Lipinski definition) is 3. The Morgan fingerprint density at radius 1 is 1.13 bits per heavy atom. The molecule has 1 aliphatic heterocycles. The van der Waals surface area contributed by atoms with Crippen molar-refractivity contribution in [1.29, 1.82) is 0 Å². The summed E-state index contributed by atoms with van der Waals surface area (Å²) in [5, 5.41) is 6.04. The molecule has 0 aromatic heterocycles. The minimum atomic E-state index is -0.0490. The van der Waals surface area contributed by atoms with Gasteiger partial charge in [-0.15, -0.1) is 0 Å². The number of carbonyl (C=O) groups excluding carboxylic acids is 1. The molecule has 0 radical (unpaired) electrons. The van der Waals surface area contributed by atoms with Crippen molar-refractivity contribution in [3.05, 3.63) is 23.3 Å². The van der Waals surface area contributed by atoms with E-state index in [9.17, 15) is 4.79 Å². The van der Waals surface area contributed by atoms with Crippen LogP contribution in [0.25, 0.3) is 0 Å². The van der Waals surface area contributed by atoms with Crippen LogP contribution in [-0.2, 0) is 6.42 Å². The number of hydrogen-bond donors (Lipinski definition) is 2. The van der Waals surface area contributed by atoms with Crippen molar-refractivity contribution in [3.8, 4) is 11.5 Å². The summed E-state index contributed by atoms with van der Waals surface area (Å²) in [6, 6.07) is 4.35. The van der Waals surface area contributed by atoms with Gasteiger partial charge in [0.05, 0.1) is 0 Å². The first kappa shape index (κ1) is 16.0. The molecule has 1 aromatic rings. The number of nitrogens with one attached hydrogen (secondary N) is 2. The molecule has 5 heteroatoms. The summed E-state index contributed by atoms with van der Waals surface area (Å²) in [5.74, 6) is 1.63. The molecule has 1 aliphatic carbocycles. The second kappa shape index (κ2) is 7.57. The van der Waals surface area contributed by atoms with Gasteiger partial charge < -0.3 is 20.1 Å². The van der Waals surface area contributed by atoms with Crippen LogP contribution < -0.4 is 20.1 Å². The molecule has 0 unspecified atom stereocenters. The monoisotopic (exact) mass is 318 g/mol. The molecule has 1 saturated carbocycles. The normalized spacial score (nSPS) is 17.6. The molecule has 2 aliphatic rings. The number of aryl methyl sites for hydroxylation is 1. The molecule has 3 rings (SSSR count). The van der Waals surface area contributed by atoms with Gasteiger partial charge in [0.1, 0.15) is 13.2 Å². The number of amides is 2. The predicted octanol–water partition coefficient (Wildman–Crippen LogP) is 2.94. The van der Waals surface area contributed by atoms with Crippen molar-refractivity contribution < 1.29 is 14.3 Å². The summed E-state index contributed by atoms with van der Waals surface area (Å²) in [4.78, 5) is 12.0. The first-order chi connectivity index (χ1) is 11.2. The first-order valence-electron chi connectivity index (χ1n) is 8.66. The van der Waals surface area contributed by atoms with Gasteiger partial charge in [-0.3, -0.25) is 0 Å². The zero-order valence-electron chi connectivity index (χ0n) is 13.8. The number of ether oxygens (including phenoxy) is 2. The third kappa shape index (κ3) is 4.30. The molecular weight excluding hydrogens is 292 g/mol. The number of fused-ring (bicyclic) bond motifs is 1. The van der Waals surface area contributed by atoms with Crippen LogP contribution in [0.15, 0.2) is 12.1 Å². The van der Waals surface area contributed by atoms with Crippen LogP contribution in [-0.4, -0.2) is 31.8 Å². The number of benzene rings is 1. The zero-order valence-corrected chi connectivity index (χ0v) is 13.8. The van der Waals surface area contributed by atoms with Crippen LogP contribution in [0.1, 0.15) is 43.2 Å². The fraction of sp³-hybridized carbons (Fsp3) is 0.611. The Bertz CT molecular complexity index is 553. The molecule has 1 aromatic carbocycles. The average Bonchev–Trinajstić information content (AvgIpc) is 2.56. The molecular formula is C18H26N2O3. The Morgan fingerprint density at radius 3 is 2.57 bits per heavy atom. The molecule has 0 spiro atoms. The van der Waals surface area contributed by atoms with Gasteiger partial charge in [0.2, 0.25) is 0 Å². The molecule has 0 atom stereocenters. The van der Waals surface area contributed by atoms with Gasteiger partial charge in [-0.2, -0.15) is 0 Å². The molecule has 0 saturated heterocycles. The molecule has 5 nitrogen and oxygen atoms in total. The second-order valence-electron chi connectivity index (χ2n) is 6.41. The van der Waals surface area contributed by atoms with Crippen LogP contribution >= 0.6 is 0 Å². The Labute approximate surface area is 137 Å². The zero-order chi connectivity index (χ0) is 16.1. The topological polar surface area (TPSA) is 59.6 Å². The minimum Gasteiger partial charge on any atom is -0.486 e. The van der Waals surface area contributed by atoms with Gasteiger partial charge in [0, 0.05) is 12.6 Å². The van der Waals surface area contributed by atoms with E-state index < -0.39 is 0 Å². The molecule has 2 N–H and O–H groups in total. The highest BCUT2D eigenvalue weighted by molar-refractivity contribution is 5.74. The van der Waals surface area contributed by atoms with Crippen molar-refractivity contribution >= 4 is 6.03 Å². The lowest BCUT2D eigenvalue weighted by Crippen LogP contribution is -2.43. The highest BCUT2D eigenvalue weighted by Gasteiger charge is 2.16. The lowest BCUT2D eigenvalue weighted by molar-refractivity contribution is 0.171. The summed E-state index contributed by atoms with van der Waals surface area (Å²) in [7, 11) is 0. The van der Waals surface area contributed by atoms with Crippen molar-refractivity contribution in [2.75, 3.05) is 19.8 Å². The molecule has 0 bridgehead atoms. The fourth-order valence-electron chi connectivity index (χ4n) is 3.30. The van der Waals surface area contributed by atoms with Gasteiger partial charge >= 0.3 is 6.03 Å². The van der Waals surface area contributed by atoms with Gasteiger partial charge in [-0.1, -0.05) is 19.3 Å². The predicted molar refractivity (Wildman–Crippen MR) is 89.3 cm³/mol. The Hall–Kier alpha value is -1.91. The van der Waals surface area contributed by atoms with Crippen LogP contribution in [0.2, 0.25) is 0 Å². The first-order valence-corrected chi connectivity index (χ1v) is 8.66. The lowest BCUT2D eigenvalue weighted by Gasteiger charge is -2.23. The Kier molecular flexibility index (Phi) is 5.26. The van der Waals surface area contributed by atoms with Crippen LogP contribution in [0.3, 0.4) is 0 Å². The maximum atomic E-state index is 12.0. The number of urea groups is 1. The van der Waals surface area contributed by atoms with Gasteiger partial charge in [0.15, 0.2) is 11.5 Å². The fourth-order valence-corrected chi connectivity index (χ4v) is 3.30. The third-order valence-corrected chi connectivity index (χ3v) is 4.62. The SMILES string of the molecule is Cc1cc2c(cc1CCNC(=O)NC1CCCCC1)OCCO2. The molecule has 126 valence electrons. The lowest BCUT2D eigenvalue weighted by atomic mass is 9.96. The highest BCUT2D eigenvalue weighted by Crippen LogP contribution is 2.33.